The van der Waals surface area contributed by atoms with Crippen LogP contribution in [0.1, 0.15) is 83.8 Å². The van der Waals surface area contributed by atoms with E-state index in [0.29, 0.717) is 6.42 Å². The number of aromatic nitrogens is 2. The second-order valence-electron chi connectivity index (χ2n) is 8.21. The highest BCUT2D eigenvalue weighted by Gasteiger charge is 2.43. The van der Waals surface area contributed by atoms with E-state index < -0.39 is 36.8 Å². The summed E-state index contributed by atoms with van der Waals surface area (Å²) in [7, 11) is 0. The second kappa shape index (κ2) is 13.6. The summed E-state index contributed by atoms with van der Waals surface area (Å²) in [5, 5.41) is 31.6. The molecule has 2 heterocycles. The second-order valence-corrected chi connectivity index (χ2v) is 8.21. The molecule has 4 N–H and O–H groups in total. The van der Waals surface area contributed by atoms with Crippen molar-refractivity contribution in [2.45, 2.75) is 102 Å². The van der Waals surface area contributed by atoms with Gasteiger partial charge in [-0.2, -0.15) is 4.98 Å². The third kappa shape index (κ3) is 7.99. The molecule has 1 aromatic heterocycles. The summed E-state index contributed by atoms with van der Waals surface area (Å²) in [5.41, 5.74) is -0.730. The maximum atomic E-state index is 12.3. The van der Waals surface area contributed by atoms with Crippen molar-refractivity contribution in [3.8, 4) is 0 Å². The predicted octanol–water partition coefficient (Wildman–Crippen LogP) is 2.10. The Bertz CT molecular complexity index is 725. The number of nitrogens with one attached hydrogen (secondary N) is 1. The molecular weight excluding hydrogens is 402 g/mol. The van der Waals surface area contributed by atoms with Crippen molar-refractivity contribution in [1.82, 2.24) is 9.55 Å². The summed E-state index contributed by atoms with van der Waals surface area (Å²) in [5.74, 6) is -0.0674. The Kier molecular flexibility index (Phi) is 11.1. The highest BCUT2D eigenvalue weighted by Crippen LogP contribution is 2.28. The maximum Gasteiger partial charge on any atom is 0.351 e. The quantitative estimate of drug-likeness (QED) is 0.326. The number of hydrogen-bond donors (Lipinski definition) is 4. The molecular formula is C22H37N3O6. The number of carbonyl (C=O) groups excluding carboxylic acids is 1. The van der Waals surface area contributed by atoms with Gasteiger partial charge in [-0.1, -0.05) is 64.7 Å². The summed E-state index contributed by atoms with van der Waals surface area (Å²) in [6.45, 7) is 1.74. The predicted molar refractivity (Wildman–Crippen MR) is 117 cm³/mol. The van der Waals surface area contributed by atoms with Crippen molar-refractivity contribution < 1.29 is 24.9 Å². The number of unbranched alkanes of at least 4 members (excludes halogenated alkanes) is 9. The Morgan fingerprint density at radius 3 is 2.23 bits per heavy atom. The highest BCUT2D eigenvalue weighted by atomic mass is 16.6. The summed E-state index contributed by atoms with van der Waals surface area (Å²) in [6, 6.07) is 1.44. The number of aliphatic hydroxyl groups excluding tert-OH is 3. The summed E-state index contributed by atoms with van der Waals surface area (Å²) < 4.78 is 6.36. The van der Waals surface area contributed by atoms with Crippen molar-refractivity contribution in [3.63, 3.8) is 0 Å². The lowest BCUT2D eigenvalue weighted by Gasteiger charge is -2.17. The molecule has 1 aliphatic heterocycles. The molecule has 2 rings (SSSR count). The molecule has 176 valence electrons. The lowest BCUT2D eigenvalue weighted by Crippen LogP contribution is -2.36. The van der Waals surface area contributed by atoms with Crippen molar-refractivity contribution in [2.24, 2.45) is 0 Å². The van der Waals surface area contributed by atoms with Crippen molar-refractivity contribution in [2.75, 3.05) is 11.9 Å². The van der Waals surface area contributed by atoms with Crippen molar-refractivity contribution in [3.05, 3.63) is 22.7 Å². The van der Waals surface area contributed by atoms with Gasteiger partial charge in [-0.05, 0) is 12.5 Å². The first-order chi connectivity index (χ1) is 15.0. The van der Waals surface area contributed by atoms with Gasteiger partial charge < -0.3 is 25.4 Å². The fourth-order valence-electron chi connectivity index (χ4n) is 3.76. The molecule has 9 nitrogen and oxygen atoms in total. The zero-order valence-electron chi connectivity index (χ0n) is 18.4. The van der Waals surface area contributed by atoms with Gasteiger partial charge in [0, 0.05) is 12.6 Å². The molecule has 0 unspecified atom stereocenters. The summed E-state index contributed by atoms with van der Waals surface area (Å²) in [4.78, 5) is 28.2. The molecule has 0 bridgehead atoms. The van der Waals surface area contributed by atoms with Gasteiger partial charge in [0.25, 0.3) is 0 Å². The maximum absolute atomic E-state index is 12.3. The lowest BCUT2D eigenvalue weighted by molar-refractivity contribution is -0.116. The van der Waals surface area contributed by atoms with Gasteiger partial charge in [-0.3, -0.25) is 9.36 Å². The van der Waals surface area contributed by atoms with Gasteiger partial charge in [0.15, 0.2) is 6.23 Å². The summed E-state index contributed by atoms with van der Waals surface area (Å²) >= 11 is 0. The third-order valence-electron chi connectivity index (χ3n) is 5.65. The first kappa shape index (κ1) is 25.5. The molecule has 1 aromatic rings. The minimum Gasteiger partial charge on any atom is -0.394 e. The van der Waals surface area contributed by atoms with E-state index in [-0.39, 0.29) is 11.7 Å². The molecule has 31 heavy (non-hydrogen) atoms. The van der Waals surface area contributed by atoms with E-state index in [4.69, 9.17) is 9.84 Å². The number of ether oxygens (including phenoxy) is 1. The largest absolute Gasteiger partial charge is 0.394 e. The Labute approximate surface area is 183 Å². The molecule has 4 atom stereocenters. The lowest BCUT2D eigenvalue weighted by atomic mass is 10.1. The monoisotopic (exact) mass is 439 g/mol. The van der Waals surface area contributed by atoms with Gasteiger partial charge in [-0.15, -0.1) is 0 Å². The minimum absolute atomic E-state index is 0.130. The average Bonchev–Trinajstić information content (AvgIpc) is 3.03. The van der Waals surface area contributed by atoms with E-state index in [1.165, 1.54) is 57.2 Å². The van der Waals surface area contributed by atoms with Crippen LogP contribution in [-0.4, -0.2) is 55.7 Å². The van der Waals surface area contributed by atoms with Gasteiger partial charge >= 0.3 is 5.69 Å². The molecule has 1 amide bonds. The van der Waals surface area contributed by atoms with E-state index >= 15 is 0 Å². The third-order valence-corrected chi connectivity index (χ3v) is 5.65. The SMILES string of the molecule is CCCCCCCCCCCCC(=O)Nc1ccn([C@@H]2O[C@H](CO)[C@@H](O)[C@@H]2O)c(=O)n1. The molecule has 0 aliphatic carbocycles. The molecule has 0 saturated carbocycles. The molecule has 1 saturated heterocycles. The zero-order valence-corrected chi connectivity index (χ0v) is 18.4. The number of rotatable bonds is 14. The molecule has 1 aliphatic rings. The van der Waals surface area contributed by atoms with Crippen LogP contribution in [-0.2, 0) is 9.53 Å². The van der Waals surface area contributed by atoms with Crippen LogP contribution < -0.4 is 11.0 Å². The number of anilines is 1. The zero-order chi connectivity index (χ0) is 22.6. The Morgan fingerprint density at radius 2 is 1.68 bits per heavy atom. The van der Waals surface area contributed by atoms with Crippen LogP contribution in [0.15, 0.2) is 17.1 Å². The van der Waals surface area contributed by atoms with Crippen LogP contribution in [0.3, 0.4) is 0 Å². The van der Waals surface area contributed by atoms with E-state index in [2.05, 4.69) is 17.2 Å². The number of hydrogen-bond acceptors (Lipinski definition) is 7. The van der Waals surface area contributed by atoms with Crippen LogP contribution in [0.2, 0.25) is 0 Å². The van der Waals surface area contributed by atoms with Crippen molar-refractivity contribution in [1.29, 1.82) is 0 Å². The van der Waals surface area contributed by atoms with E-state index in [0.717, 1.165) is 23.8 Å². The van der Waals surface area contributed by atoms with Gasteiger partial charge in [0.1, 0.15) is 24.1 Å². The average molecular weight is 440 g/mol. The topological polar surface area (TPSA) is 134 Å². The fraction of sp³-hybridized carbons (Fsp3) is 0.773. The molecule has 1 fully saturated rings. The van der Waals surface area contributed by atoms with Crippen LogP contribution in [0.25, 0.3) is 0 Å². The Balaban J connectivity index is 1.68. The van der Waals surface area contributed by atoms with Crippen molar-refractivity contribution >= 4 is 11.7 Å². The van der Waals surface area contributed by atoms with Crippen LogP contribution in [0.4, 0.5) is 5.82 Å². The van der Waals surface area contributed by atoms with Gasteiger partial charge in [-0.25, -0.2) is 4.79 Å². The van der Waals surface area contributed by atoms with E-state index in [9.17, 15) is 19.8 Å². The fourth-order valence-corrected chi connectivity index (χ4v) is 3.76. The molecule has 0 spiro atoms. The van der Waals surface area contributed by atoms with E-state index in [1.54, 1.807) is 0 Å². The standard InChI is InChI=1S/C22H37N3O6/c1-2-3-4-5-6-7-8-9-10-11-12-18(27)23-17-13-14-25(22(30)24-17)21-20(29)19(28)16(15-26)31-21/h13-14,16,19-21,26,28-29H,2-12,15H2,1H3,(H,23,24,27,30)/t16-,19-,20+,21-/m1/s1. The van der Waals surface area contributed by atoms with Gasteiger partial charge in [0.05, 0.1) is 6.61 Å². The number of carbonyl (C=O) groups is 1. The molecule has 9 heteroatoms. The minimum atomic E-state index is -1.37. The van der Waals surface area contributed by atoms with Gasteiger partial charge in [0.2, 0.25) is 5.91 Å². The van der Waals surface area contributed by atoms with Crippen LogP contribution >= 0.6 is 0 Å². The molecule has 0 radical (unpaired) electrons. The highest BCUT2D eigenvalue weighted by molar-refractivity contribution is 5.89. The normalized spacial score (nSPS) is 23.2. The number of aliphatic hydroxyl groups is 3. The van der Waals surface area contributed by atoms with Crippen LogP contribution in [0.5, 0.6) is 0 Å². The summed E-state index contributed by atoms with van der Waals surface area (Å²) in [6.07, 6.45) is 8.82. The Morgan fingerprint density at radius 1 is 1.06 bits per heavy atom. The molecule has 0 aromatic carbocycles. The number of nitrogens with zero attached hydrogens (tertiary/aromatic N) is 2. The first-order valence-electron chi connectivity index (χ1n) is 11.5. The van der Waals surface area contributed by atoms with Crippen LogP contribution in [0, 0.1) is 0 Å². The number of amides is 1. The first-order valence-corrected chi connectivity index (χ1v) is 11.5. The Hall–Kier alpha value is -1.81. The smallest absolute Gasteiger partial charge is 0.351 e. The van der Waals surface area contributed by atoms with E-state index in [1.807, 2.05) is 0 Å².